The largest absolute Gasteiger partial charge is 0.497 e. The minimum Gasteiger partial charge on any atom is -0.497 e. The highest BCUT2D eigenvalue weighted by atomic mass is 32.2. The van der Waals surface area contributed by atoms with Crippen LogP contribution in [0.3, 0.4) is 0 Å². The number of nitrogens with zero attached hydrogens (tertiary/aromatic N) is 1. The Bertz CT molecular complexity index is 745. The van der Waals surface area contributed by atoms with Crippen LogP contribution in [0.2, 0.25) is 0 Å². The lowest BCUT2D eigenvalue weighted by Gasteiger charge is -2.30. The van der Waals surface area contributed by atoms with Crippen molar-refractivity contribution in [1.29, 1.82) is 0 Å². The molecule has 1 aliphatic rings. The zero-order valence-corrected chi connectivity index (χ0v) is 15.6. The fraction of sp³-hybridized carbons (Fsp3) is 0.529. The van der Waals surface area contributed by atoms with Crippen molar-refractivity contribution >= 4 is 22.0 Å². The second-order valence-electron chi connectivity index (χ2n) is 6.13. The quantitative estimate of drug-likeness (QED) is 0.739. The Morgan fingerprint density at radius 1 is 1.23 bits per heavy atom. The highest BCUT2D eigenvalue weighted by Crippen LogP contribution is 2.30. The lowest BCUT2D eigenvalue weighted by atomic mass is 9.96. The minimum absolute atomic E-state index is 0.00214. The normalized spacial score (nSPS) is 21.6. The third-order valence-corrected chi connectivity index (χ3v) is 6.27. The number of sulfonamides is 1. The van der Waals surface area contributed by atoms with Gasteiger partial charge in [0.05, 0.1) is 18.6 Å². The van der Waals surface area contributed by atoms with Crippen LogP contribution in [0.25, 0.3) is 0 Å². The van der Waals surface area contributed by atoms with Gasteiger partial charge in [0, 0.05) is 19.4 Å². The molecule has 0 radical (unpaired) electrons. The average Bonchev–Trinajstić information content (AvgIpc) is 2.83. The third-order valence-electron chi connectivity index (χ3n) is 4.38. The molecule has 9 heteroatoms. The zero-order chi connectivity index (χ0) is 19.3. The Labute approximate surface area is 152 Å². The molecule has 2 unspecified atom stereocenters. The van der Waals surface area contributed by atoms with Gasteiger partial charge in [0.2, 0.25) is 10.0 Å². The highest BCUT2D eigenvalue weighted by molar-refractivity contribution is 7.89. The van der Waals surface area contributed by atoms with Gasteiger partial charge in [0.25, 0.3) is 0 Å². The van der Waals surface area contributed by atoms with Gasteiger partial charge < -0.3 is 14.6 Å². The van der Waals surface area contributed by atoms with E-state index < -0.39 is 33.9 Å². The Morgan fingerprint density at radius 3 is 2.42 bits per heavy atom. The third kappa shape index (κ3) is 4.53. The molecular formula is C17H23NO7S. The van der Waals surface area contributed by atoms with Crippen LogP contribution in [0.4, 0.5) is 0 Å². The van der Waals surface area contributed by atoms with E-state index in [4.69, 9.17) is 9.47 Å². The first-order chi connectivity index (χ1) is 12.3. The van der Waals surface area contributed by atoms with E-state index in [1.165, 1.54) is 38.3 Å². The Balaban J connectivity index is 2.37. The number of esters is 1. The smallest absolute Gasteiger partial charge is 0.322 e. The fourth-order valence-electron chi connectivity index (χ4n) is 3.08. The van der Waals surface area contributed by atoms with E-state index in [-0.39, 0.29) is 18.0 Å². The molecule has 0 aromatic heterocycles. The summed E-state index contributed by atoms with van der Waals surface area (Å²) in [5.41, 5.74) is 0. The Morgan fingerprint density at radius 2 is 1.88 bits per heavy atom. The molecule has 8 nitrogen and oxygen atoms in total. The Hall–Kier alpha value is -2.13. The van der Waals surface area contributed by atoms with Crippen molar-refractivity contribution in [3.63, 3.8) is 0 Å². The monoisotopic (exact) mass is 385 g/mol. The maximum absolute atomic E-state index is 13.1. The molecule has 0 amide bonds. The topological polar surface area (TPSA) is 110 Å². The van der Waals surface area contributed by atoms with E-state index in [9.17, 15) is 23.1 Å². The minimum atomic E-state index is -4.02. The van der Waals surface area contributed by atoms with Crippen LogP contribution in [-0.2, 0) is 24.3 Å². The van der Waals surface area contributed by atoms with Crippen molar-refractivity contribution in [2.45, 2.75) is 37.1 Å². The maximum Gasteiger partial charge on any atom is 0.322 e. The highest BCUT2D eigenvalue weighted by Gasteiger charge is 2.42. The molecule has 1 saturated heterocycles. The average molecular weight is 385 g/mol. The first-order valence-electron chi connectivity index (χ1n) is 8.29. The first kappa shape index (κ1) is 20.2. The summed E-state index contributed by atoms with van der Waals surface area (Å²) in [5.74, 6) is -1.88. The van der Waals surface area contributed by atoms with E-state index in [1.54, 1.807) is 0 Å². The van der Waals surface area contributed by atoms with Crippen molar-refractivity contribution in [2.75, 3.05) is 20.3 Å². The van der Waals surface area contributed by atoms with Crippen molar-refractivity contribution in [3.8, 4) is 5.75 Å². The van der Waals surface area contributed by atoms with Crippen LogP contribution in [0.15, 0.2) is 29.2 Å². The van der Waals surface area contributed by atoms with E-state index >= 15 is 0 Å². The standard InChI is InChI=1S/C17H23NO7S/c1-12(19)25-11-13-5-3-4-10-18(16(13)17(20)21)26(22,23)15-8-6-14(24-2)7-9-15/h6-9,13,16H,3-5,10-11H2,1-2H3,(H,20,21). The molecule has 2 rings (SSSR count). The maximum atomic E-state index is 13.1. The van der Waals surface area contributed by atoms with Crippen LogP contribution in [-0.4, -0.2) is 56.1 Å². The summed E-state index contributed by atoms with van der Waals surface area (Å²) in [6.07, 6.45) is 1.67. The van der Waals surface area contributed by atoms with Gasteiger partial charge in [0.15, 0.2) is 0 Å². The van der Waals surface area contributed by atoms with Gasteiger partial charge in [-0.3, -0.25) is 9.59 Å². The van der Waals surface area contributed by atoms with E-state index in [2.05, 4.69) is 0 Å². The van der Waals surface area contributed by atoms with E-state index in [0.717, 1.165) is 4.31 Å². The lowest BCUT2D eigenvalue weighted by Crippen LogP contribution is -2.49. The molecule has 2 atom stereocenters. The van der Waals surface area contributed by atoms with Crippen LogP contribution < -0.4 is 4.74 Å². The van der Waals surface area contributed by atoms with Gasteiger partial charge in [-0.2, -0.15) is 4.31 Å². The van der Waals surface area contributed by atoms with Gasteiger partial charge in [-0.1, -0.05) is 6.42 Å². The molecule has 1 aliphatic heterocycles. The predicted molar refractivity (Wildman–Crippen MR) is 92.3 cm³/mol. The molecule has 1 N–H and O–H groups in total. The molecule has 1 aromatic carbocycles. The number of carbonyl (C=O) groups is 2. The number of rotatable bonds is 6. The molecule has 0 spiro atoms. The molecule has 144 valence electrons. The summed E-state index contributed by atoms with van der Waals surface area (Å²) in [5, 5.41) is 9.70. The molecule has 26 heavy (non-hydrogen) atoms. The number of methoxy groups -OCH3 is 1. The van der Waals surface area contributed by atoms with E-state index in [0.29, 0.717) is 25.0 Å². The molecule has 0 bridgehead atoms. The van der Waals surface area contributed by atoms with Gasteiger partial charge in [-0.25, -0.2) is 8.42 Å². The van der Waals surface area contributed by atoms with Crippen molar-refractivity contribution in [3.05, 3.63) is 24.3 Å². The molecule has 1 fully saturated rings. The van der Waals surface area contributed by atoms with Crippen LogP contribution in [0.5, 0.6) is 5.75 Å². The predicted octanol–water partition coefficient (Wildman–Crippen LogP) is 1.50. The van der Waals surface area contributed by atoms with Gasteiger partial charge >= 0.3 is 11.9 Å². The van der Waals surface area contributed by atoms with Crippen LogP contribution in [0.1, 0.15) is 26.2 Å². The number of carboxylic acids is 1. The zero-order valence-electron chi connectivity index (χ0n) is 14.8. The molecule has 0 aliphatic carbocycles. The summed E-state index contributed by atoms with van der Waals surface area (Å²) in [6, 6.07) is 4.51. The summed E-state index contributed by atoms with van der Waals surface area (Å²) in [4.78, 5) is 23.0. The SMILES string of the molecule is COc1ccc(S(=O)(=O)N2CCCCC(COC(C)=O)C2C(=O)O)cc1. The number of hydrogen-bond donors (Lipinski definition) is 1. The van der Waals surface area contributed by atoms with Crippen molar-refractivity contribution < 1.29 is 32.6 Å². The van der Waals surface area contributed by atoms with Crippen LogP contribution in [0, 0.1) is 5.92 Å². The summed E-state index contributed by atoms with van der Waals surface area (Å²) >= 11 is 0. The summed E-state index contributed by atoms with van der Waals surface area (Å²) in [7, 11) is -2.55. The molecule has 0 saturated carbocycles. The summed E-state index contributed by atoms with van der Waals surface area (Å²) < 4.78 is 37.1. The number of benzene rings is 1. The lowest BCUT2D eigenvalue weighted by molar-refractivity contribution is -0.149. The molecule has 1 aromatic rings. The number of carbonyl (C=O) groups excluding carboxylic acids is 1. The second-order valence-corrected chi connectivity index (χ2v) is 8.02. The van der Waals surface area contributed by atoms with Gasteiger partial charge in [0.1, 0.15) is 11.8 Å². The van der Waals surface area contributed by atoms with Crippen molar-refractivity contribution in [2.24, 2.45) is 5.92 Å². The summed E-state index contributed by atoms with van der Waals surface area (Å²) in [6.45, 7) is 1.21. The van der Waals surface area contributed by atoms with Gasteiger partial charge in [-0.05, 0) is 37.1 Å². The number of carboxylic acid groups (broad SMARTS) is 1. The van der Waals surface area contributed by atoms with Crippen molar-refractivity contribution in [1.82, 2.24) is 4.31 Å². The Kier molecular flexibility index (Phi) is 6.60. The van der Waals surface area contributed by atoms with Crippen LogP contribution >= 0.6 is 0 Å². The van der Waals surface area contributed by atoms with Gasteiger partial charge in [-0.15, -0.1) is 0 Å². The number of hydrogen-bond acceptors (Lipinski definition) is 6. The molecular weight excluding hydrogens is 362 g/mol. The molecule has 1 heterocycles. The second kappa shape index (κ2) is 8.50. The fourth-order valence-corrected chi connectivity index (χ4v) is 4.76. The van der Waals surface area contributed by atoms with E-state index in [1.807, 2.05) is 0 Å². The number of aliphatic carboxylic acids is 1. The number of ether oxygens (including phenoxy) is 2. The first-order valence-corrected chi connectivity index (χ1v) is 9.73.